The quantitative estimate of drug-likeness (QED) is 0.315. The molecule has 0 aliphatic carbocycles. The molecule has 0 saturated heterocycles. The summed E-state index contributed by atoms with van der Waals surface area (Å²) in [5, 5.41) is 7.94. The lowest BCUT2D eigenvalue weighted by atomic mass is 10.6. The molecule has 2 heteroatoms. The highest BCUT2D eigenvalue weighted by atomic mass is 35.5. The van der Waals surface area contributed by atoms with Crippen LogP contribution in [0.1, 0.15) is 6.92 Å². The molecular formula is C7H9ClO. The molecule has 0 heterocycles. The van der Waals surface area contributed by atoms with Crippen LogP contribution < -0.4 is 0 Å². The van der Waals surface area contributed by atoms with E-state index in [9.17, 15) is 0 Å². The van der Waals surface area contributed by atoms with Gasteiger partial charge in [-0.1, -0.05) is 5.92 Å². The fraction of sp³-hybridized carbons (Fsp3) is 0.143. The van der Waals surface area contributed by atoms with Crippen LogP contribution in [0.2, 0.25) is 0 Å². The minimum atomic E-state index is -0.269. The van der Waals surface area contributed by atoms with Crippen LogP contribution in [-0.4, -0.2) is 5.11 Å². The number of allylic oxidation sites excluding steroid dienone is 1. The van der Waals surface area contributed by atoms with Crippen molar-refractivity contribution in [2.24, 2.45) is 0 Å². The Labute approximate surface area is 60.7 Å². The molecule has 1 nitrogen and oxygen atoms in total. The lowest BCUT2D eigenvalue weighted by molar-refractivity contribution is 0.453. The summed E-state index contributed by atoms with van der Waals surface area (Å²) in [5.74, 6) is 4.98. The Morgan fingerprint density at radius 1 is 1.67 bits per heavy atom. The van der Waals surface area contributed by atoms with E-state index in [-0.39, 0.29) is 5.22 Å². The molecule has 0 aromatic carbocycles. The van der Waals surface area contributed by atoms with E-state index in [2.05, 4.69) is 25.0 Å². The van der Waals surface area contributed by atoms with Crippen molar-refractivity contribution in [2.45, 2.75) is 6.92 Å². The van der Waals surface area contributed by atoms with Gasteiger partial charge in [-0.15, -0.1) is 19.1 Å². The van der Waals surface area contributed by atoms with E-state index < -0.39 is 0 Å². The third-order valence-electron chi connectivity index (χ3n) is 0.336. The Morgan fingerprint density at radius 2 is 2.11 bits per heavy atom. The number of halogens is 1. The smallest absolute Gasteiger partial charge is 0.192 e. The monoisotopic (exact) mass is 144 g/mol. The number of aliphatic hydroxyl groups excluding tert-OH is 1. The van der Waals surface area contributed by atoms with Gasteiger partial charge in [0, 0.05) is 6.08 Å². The summed E-state index contributed by atoms with van der Waals surface area (Å²) in [4.78, 5) is 0. The Kier molecular flexibility index (Phi) is 12.4. The van der Waals surface area contributed by atoms with E-state index in [1.807, 2.05) is 0 Å². The van der Waals surface area contributed by atoms with Gasteiger partial charge in [0.15, 0.2) is 5.22 Å². The van der Waals surface area contributed by atoms with Crippen LogP contribution >= 0.6 is 11.6 Å². The molecule has 0 spiro atoms. The van der Waals surface area contributed by atoms with E-state index in [1.54, 1.807) is 6.92 Å². The first-order valence-corrected chi connectivity index (χ1v) is 2.62. The normalized spacial score (nSPS) is 8.00. The number of hydrogen-bond donors (Lipinski definition) is 1. The third-order valence-corrected chi connectivity index (χ3v) is 0.445. The van der Waals surface area contributed by atoms with Crippen molar-refractivity contribution in [1.82, 2.24) is 0 Å². The van der Waals surface area contributed by atoms with Crippen molar-refractivity contribution in [3.05, 3.63) is 24.5 Å². The third kappa shape index (κ3) is 19.2. The molecule has 1 N–H and O–H groups in total. The fourth-order valence-electron chi connectivity index (χ4n) is 0.132. The summed E-state index contributed by atoms with van der Waals surface area (Å²) in [7, 11) is 0. The average molecular weight is 145 g/mol. The predicted octanol–water partition coefficient (Wildman–Crippen LogP) is 2.45. The van der Waals surface area contributed by atoms with Crippen molar-refractivity contribution in [2.75, 3.05) is 0 Å². The van der Waals surface area contributed by atoms with Crippen LogP contribution in [0.5, 0.6) is 0 Å². The molecule has 0 bridgehead atoms. The van der Waals surface area contributed by atoms with E-state index in [0.717, 1.165) is 0 Å². The van der Waals surface area contributed by atoms with E-state index in [0.29, 0.717) is 0 Å². The van der Waals surface area contributed by atoms with Gasteiger partial charge in [-0.25, -0.2) is 0 Å². The van der Waals surface area contributed by atoms with Gasteiger partial charge in [0.05, 0.1) is 0 Å². The maximum Gasteiger partial charge on any atom is 0.192 e. The molecule has 0 aromatic heterocycles. The molecule has 50 valence electrons. The van der Waals surface area contributed by atoms with Crippen LogP contribution in [0.25, 0.3) is 0 Å². The van der Waals surface area contributed by atoms with Crippen molar-refractivity contribution in [1.29, 1.82) is 0 Å². The summed E-state index contributed by atoms with van der Waals surface area (Å²) in [6.45, 7) is 7.66. The van der Waals surface area contributed by atoms with Crippen LogP contribution in [0.4, 0.5) is 0 Å². The first-order valence-electron chi connectivity index (χ1n) is 2.24. The average Bonchev–Trinajstić information content (AvgIpc) is 1.88. The topological polar surface area (TPSA) is 20.2 Å². The first-order chi connectivity index (χ1) is 4.27. The SMILES string of the molecule is C=C.CC#CC=C(O)Cl. The minimum absolute atomic E-state index is 0.269. The van der Waals surface area contributed by atoms with Gasteiger partial charge in [0.25, 0.3) is 0 Å². The lowest BCUT2D eigenvalue weighted by Crippen LogP contribution is -1.58. The zero-order chi connectivity index (χ0) is 7.70. The van der Waals surface area contributed by atoms with Gasteiger partial charge in [-0.05, 0) is 18.5 Å². The zero-order valence-corrected chi connectivity index (χ0v) is 6.07. The van der Waals surface area contributed by atoms with Crippen LogP contribution in [-0.2, 0) is 0 Å². The maximum atomic E-state index is 8.21. The van der Waals surface area contributed by atoms with Crippen molar-refractivity contribution in [3.63, 3.8) is 0 Å². The van der Waals surface area contributed by atoms with Crippen LogP contribution in [0.3, 0.4) is 0 Å². The van der Waals surface area contributed by atoms with Gasteiger partial charge < -0.3 is 5.11 Å². The van der Waals surface area contributed by atoms with Gasteiger partial charge in [-0.3, -0.25) is 0 Å². The highest BCUT2D eigenvalue weighted by Gasteiger charge is 1.71. The molecule has 0 amide bonds. The number of hydrogen-bond acceptors (Lipinski definition) is 1. The second kappa shape index (κ2) is 10.2. The highest BCUT2D eigenvalue weighted by Crippen LogP contribution is 1.89. The number of rotatable bonds is 0. The van der Waals surface area contributed by atoms with Gasteiger partial charge in [0.2, 0.25) is 0 Å². The minimum Gasteiger partial charge on any atom is -0.498 e. The summed E-state index contributed by atoms with van der Waals surface area (Å²) in [6.07, 6.45) is 1.22. The van der Waals surface area contributed by atoms with Gasteiger partial charge in [-0.2, -0.15) is 0 Å². The lowest BCUT2D eigenvalue weighted by Gasteiger charge is -1.72. The summed E-state index contributed by atoms with van der Waals surface area (Å²) in [5.41, 5.74) is 0. The zero-order valence-electron chi connectivity index (χ0n) is 5.32. The van der Waals surface area contributed by atoms with Crippen LogP contribution in [0.15, 0.2) is 24.5 Å². The molecule has 9 heavy (non-hydrogen) atoms. The molecule has 0 radical (unpaired) electrons. The van der Waals surface area contributed by atoms with E-state index in [4.69, 9.17) is 16.7 Å². The second-order valence-electron chi connectivity index (χ2n) is 0.861. The molecular weight excluding hydrogens is 136 g/mol. The molecule has 0 atom stereocenters. The first kappa shape index (κ1) is 11.0. The molecule has 0 fully saturated rings. The van der Waals surface area contributed by atoms with E-state index in [1.165, 1.54) is 6.08 Å². The van der Waals surface area contributed by atoms with Crippen molar-refractivity contribution in [3.8, 4) is 11.8 Å². The second-order valence-corrected chi connectivity index (χ2v) is 1.25. The fourth-order valence-corrected chi connectivity index (χ4v) is 0.186. The molecule has 0 aliphatic rings. The Morgan fingerprint density at radius 3 is 2.22 bits per heavy atom. The standard InChI is InChI=1S/C5H5ClO.C2H4/c1-2-3-4-5(6)7;1-2/h4,7H,1H3;1-2H2. The maximum absolute atomic E-state index is 8.21. The Balaban J connectivity index is 0. The Hall–Kier alpha value is -0.870. The van der Waals surface area contributed by atoms with Crippen molar-refractivity contribution < 1.29 is 5.11 Å². The summed E-state index contributed by atoms with van der Waals surface area (Å²) in [6, 6.07) is 0. The van der Waals surface area contributed by atoms with Crippen molar-refractivity contribution >= 4 is 11.6 Å². The molecule has 0 saturated carbocycles. The Bertz CT molecular complexity index is 135. The molecule has 0 aliphatic heterocycles. The summed E-state index contributed by atoms with van der Waals surface area (Å²) < 4.78 is 0. The molecule has 0 rings (SSSR count). The predicted molar refractivity (Wildman–Crippen MR) is 41.3 cm³/mol. The molecule has 0 aromatic rings. The van der Waals surface area contributed by atoms with Gasteiger partial charge >= 0.3 is 0 Å². The van der Waals surface area contributed by atoms with Gasteiger partial charge in [0.1, 0.15) is 0 Å². The highest BCUT2D eigenvalue weighted by molar-refractivity contribution is 6.28. The van der Waals surface area contributed by atoms with Crippen LogP contribution in [0, 0.1) is 11.8 Å². The molecule has 0 unspecified atom stereocenters. The largest absolute Gasteiger partial charge is 0.498 e. The summed E-state index contributed by atoms with van der Waals surface area (Å²) >= 11 is 4.97. The number of aliphatic hydroxyl groups is 1. The van der Waals surface area contributed by atoms with E-state index >= 15 is 0 Å².